The Hall–Kier alpha value is -1.35. The topological polar surface area (TPSA) is 46.3 Å². The van der Waals surface area contributed by atoms with Crippen LogP contribution in [0.4, 0.5) is 5.69 Å². The van der Waals surface area contributed by atoms with Crippen molar-refractivity contribution in [2.45, 2.75) is 32.6 Å². The second kappa shape index (κ2) is 5.53. The number of anilines is 1. The number of benzene rings is 1. The van der Waals surface area contributed by atoms with Gasteiger partial charge in [-0.05, 0) is 42.5 Å². The molecule has 0 spiro atoms. The number of hydrogen-bond donors (Lipinski definition) is 1. The Bertz CT molecular complexity index is 438. The van der Waals surface area contributed by atoms with E-state index in [1.54, 1.807) is 4.90 Å². The molecule has 3 heteroatoms. The van der Waals surface area contributed by atoms with Crippen LogP contribution < -0.4 is 10.6 Å². The van der Waals surface area contributed by atoms with E-state index in [4.69, 9.17) is 5.73 Å². The number of carbonyl (C=O) groups is 1. The third-order valence-corrected chi connectivity index (χ3v) is 3.92. The van der Waals surface area contributed by atoms with Gasteiger partial charge in [0.25, 0.3) is 0 Å². The number of rotatable bonds is 4. The highest BCUT2D eigenvalue weighted by Gasteiger charge is 2.20. The van der Waals surface area contributed by atoms with Gasteiger partial charge in [0, 0.05) is 19.2 Å². The van der Waals surface area contributed by atoms with Gasteiger partial charge in [-0.1, -0.05) is 25.5 Å². The maximum Gasteiger partial charge on any atom is 0.227 e. The molecular formula is C15H22N2O. The minimum atomic E-state index is 0.212. The Labute approximate surface area is 109 Å². The highest BCUT2D eigenvalue weighted by molar-refractivity contribution is 5.95. The summed E-state index contributed by atoms with van der Waals surface area (Å²) in [5.74, 6) is 0.773. The van der Waals surface area contributed by atoms with E-state index in [1.807, 2.05) is 7.05 Å². The zero-order valence-electron chi connectivity index (χ0n) is 11.3. The van der Waals surface area contributed by atoms with Gasteiger partial charge in [-0.25, -0.2) is 0 Å². The number of aryl methyl sites for hydroxylation is 1. The molecule has 0 saturated heterocycles. The lowest BCUT2D eigenvalue weighted by molar-refractivity contribution is -0.118. The van der Waals surface area contributed by atoms with Crippen LogP contribution in [-0.4, -0.2) is 19.5 Å². The van der Waals surface area contributed by atoms with Crippen LogP contribution in [-0.2, 0) is 17.6 Å². The van der Waals surface area contributed by atoms with Gasteiger partial charge in [0.2, 0.25) is 5.91 Å². The molecule has 1 atom stereocenters. The van der Waals surface area contributed by atoms with Crippen molar-refractivity contribution in [3.8, 4) is 0 Å². The van der Waals surface area contributed by atoms with Gasteiger partial charge < -0.3 is 10.6 Å². The van der Waals surface area contributed by atoms with E-state index in [9.17, 15) is 4.79 Å². The zero-order chi connectivity index (χ0) is 13.1. The quantitative estimate of drug-likeness (QED) is 0.884. The Balaban J connectivity index is 2.20. The van der Waals surface area contributed by atoms with E-state index in [-0.39, 0.29) is 5.91 Å². The fraction of sp³-hybridized carbons (Fsp3) is 0.533. The van der Waals surface area contributed by atoms with Gasteiger partial charge in [-0.3, -0.25) is 4.79 Å². The molecule has 0 aromatic heterocycles. The summed E-state index contributed by atoms with van der Waals surface area (Å²) in [6, 6.07) is 6.45. The molecule has 0 saturated carbocycles. The lowest BCUT2D eigenvalue weighted by Gasteiger charge is -2.26. The first kappa shape index (κ1) is 13.1. The van der Waals surface area contributed by atoms with Gasteiger partial charge in [0.15, 0.2) is 0 Å². The molecule has 3 nitrogen and oxygen atoms in total. The maximum atomic E-state index is 11.6. The smallest absolute Gasteiger partial charge is 0.227 e. The van der Waals surface area contributed by atoms with Crippen molar-refractivity contribution in [1.29, 1.82) is 0 Å². The zero-order valence-corrected chi connectivity index (χ0v) is 11.3. The van der Waals surface area contributed by atoms with Crippen LogP contribution in [0.15, 0.2) is 18.2 Å². The van der Waals surface area contributed by atoms with Crippen molar-refractivity contribution < 1.29 is 4.79 Å². The van der Waals surface area contributed by atoms with Crippen molar-refractivity contribution in [2.24, 2.45) is 11.7 Å². The molecule has 1 heterocycles. The van der Waals surface area contributed by atoms with E-state index in [0.29, 0.717) is 12.3 Å². The van der Waals surface area contributed by atoms with E-state index >= 15 is 0 Å². The molecule has 0 aliphatic carbocycles. The predicted octanol–water partition coefficient (Wildman–Crippen LogP) is 2.12. The minimum Gasteiger partial charge on any atom is -0.330 e. The molecule has 0 fully saturated rings. The number of hydrogen-bond acceptors (Lipinski definition) is 2. The number of fused-ring (bicyclic) bond motifs is 1. The first-order chi connectivity index (χ1) is 8.65. The first-order valence-electron chi connectivity index (χ1n) is 6.74. The SMILES string of the molecule is CCC(CN)Cc1ccc2c(c1)CCC(=O)N2C. The van der Waals surface area contributed by atoms with Gasteiger partial charge in [-0.2, -0.15) is 0 Å². The van der Waals surface area contributed by atoms with Crippen molar-refractivity contribution in [2.75, 3.05) is 18.5 Å². The van der Waals surface area contributed by atoms with Crippen LogP contribution in [0.2, 0.25) is 0 Å². The molecule has 1 aliphatic rings. The summed E-state index contributed by atoms with van der Waals surface area (Å²) >= 11 is 0. The lowest BCUT2D eigenvalue weighted by atomic mass is 9.93. The Morgan fingerprint density at radius 1 is 1.39 bits per heavy atom. The average molecular weight is 246 g/mol. The predicted molar refractivity (Wildman–Crippen MR) is 74.7 cm³/mol. The van der Waals surface area contributed by atoms with Crippen LogP contribution in [0.25, 0.3) is 0 Å². The van der Waals surface area contributed by atoms with Crippen molar-refractivity contribution in [1.82, 2.24) is 0 Å². The summed E-state index contributed by atoms with van der Waals surface area (Å²) in [6.07, 6.45) is 3.65. The molecule has 98 valence electrons. The summed E-state index contributed by atoms with van der Waals surface area (Å²) in [6.45, 7) is 2.92. The maximum absolute atomic E-state index is 11.6. The van der Waals surface area contributed by atoms with Gasteiger partial charge in [-0.15, -0.1) is 0 Å². The molecule has 1 unspecified atom stereocenters. The van der Waals surface area contributed by atoms with E-state index in [2.05, 4.69) is 25.1 Å². The molecule has 18 heavy (non-hydrogen) atoms. The van der Waals surface area contributed by atoms with Crippen LogP contribution in [0.3, 0.4) is 0 Å². The van der Waals surface area contributed by atoms with Gasteiger partial charge in [0.1, 0.15) is 0 Å². The third kappa shape index (κ3) is 2.56. The normalized spacial score (nSPS) is 16.6. The third-order valence-electron chi connectivity index (χ3n) is 3.92. The van der Waals surface area contributed by atoms with Gasteiger partial charge >= 0.3 is 0 Å². The summed E-state index contributed by atoms with van der Waals surface area (Å²) in [7, 11) is 1.86. The van der Waals surface area contributed by atoms with Crippen molar-refractivity contribution in [3.05, 3.63) is 29.3 Å². The fourth-order valence-corrected chi connectivity index (χ4v) is 2.56. The summed E-state index contributed by atoms with van der Waals surface area (Å²) in [5.41, 5.74) is 9.46. The molecule has 1 aliphatic heterocycles. The summed E-state index contributed by atoms with van der Waals surface area (Å²) in [5, 5.41) is 0. The van der Waals surface area contributed by atoms with E-state index in [1.165, 1.54) is 11.1 Å². The van der Waals surface area contributed by atoms with Crippen LogP contribution >= 0.6 is 0 Å². The molecule has 1 amide bonds. The number of nitrogens with zero attached hydrogens (tertiary/aromatic N) is 1. The minimum absolute atomic E-state index is 0.212. The van der Waals surface area contributed by atoms with Crippen molar-refractivity contribution in [3.63, 3.8) is 0 Å². The Morgan fingerprint density at radius 2 is 2.17 bits per heavy atom. The summed E-state index contributed by atoms with van der Waals surface area (Å²) < 4.78 is 0. The Morgan fingerprint density at radius 3 is 2.83 bits per heavy atom. The molecule has 0 radical (unpaired) electrons. The second-order valence-electron chi connectivity index (χ2n) is 5.13. The van der Waals surface area contributed by atoms with Crippen LogP contribution in [0.1, 0.15) is 30.9 Å². The molecule has 1 aromatic carbocycles. The Kier molecular flexibility index (Phi) is 4.02. The monoisotopic (exact) mass is 246 g/mol. The molecule has 2 N–H and O–H groups in total. The van der Waals surface area contributed by atoms with E-state index in [0.717, 1.165) is 31.5 Å². The van der Waals surface area contributed by atoms with Crippen LogP contribution in [0, 0.1) is 5.92 Å². The number of amides is 1. The first-order valence-corrected chi connectivity index (χ1v) is 6.74. The fourth-order valence-electron chi connectivity index (χ4n) is 2.56. The molecule has 2 rings (SSSR count). The standard InChI is InChI=1S/C15H22N2O/c1-3-11(10-16)8-12-4-6-14-13(9-12)5-7-15(18)17(14)2/h4,6,9,11H,3,5,7-8,10,16H2,1-2H3. The average Bonchev–Trinajstić information content (AvgIpc) is 2.40. The van der Waals surface area contributed by atoms with Gasteiger partial charge in [0.05, 0.1) is 0 Å². The molecule has 0 bridgehead atoms. The van der Waals surface area contributed by atoms with E-state index < -0.39 is 0 Å². The highest BCUT2D eigenvalue weighted by Crippen LogP contribution is 2.28. The summed E-state index contributed by atoms with van der Waals surface area (Å²) in [4.78, 5) is 13.4. The molecular weight excluding hydrogens is 224 g/mol. The number of carbonyl (C=O) groups excluding carboxylic acids is 1. The largest absolute Gasteiger partial charge is 0.330 e. The second-order valence-corrected chi connectivity index (χ2v) is 5.13. The number of nitrogens with two attached hydrogens (primary N) is 1. The lowest BCUT2D eigenvalue weighted by Crippen LogP contribution is -2.31. The van der Waals surface area contributed by atoms with Crippen LogP contribution in [0.5, 0.6) is 0 Å². The highest BCUT2D eigenvalue weighted by atomic mass is 16.2. The molecule has 1 aromatic rings. The van der Waals surface area contributed by atoms with Crippen molar-refractivity contribution >= 4 is 11.6 Å².